The van der Waals surface area contributed by atoms with Gasteiger partial charge in [0.05, 0.1) is 19.2 Å². The van der Waals surface area contributed by atoms with Crippen LogP contribution in [0.5, 0.6) is 0 Å². The number of carbonyl (C=O) groups excluding carboxylic acids is 2. The van der Waals surface area contributed by atoms with E-state index < -0.39 is 54.1 Å². The second-order valence-electron chi connectivity index (χ2n) is 8.07. The van der Waals surface area contributed by atoms with Crippen molar-refractivity contribution in [3.8, 4) is 0 Å². The van der Waals surface area contributed by atoms with Gasteiger partial charge in [-0.1, -0.05) is 27.7 Å². The van der Waals surface area contributed by atoms with Crippen molar-refractivity contribution in [2.45, 2.75) is 64.8 Å². The predicted molar refractivity (Wildman–Crippen MR) is 125 cm³/mol. The first-order chi connectivity index (χ1) is 16.0. The van der Waals surface area contributed by atoms with Crippen molar-refractivity contribution in [1.29, 1.82) is 0 Å². The molecule has 0 aliphatic carbocycles. The van der Waals surface area contributed by atoms with Gasteiger partial charge >= 0.3 is 29.8 Å². The van der Waals surface area contributed by atoms with Crippen LogP contribution in [0, 0.1) is 11.8 Å². The molecule has 0 aromatic carbocycles. The molecule has 0 aromatic rings. The molecule has 13 N–H and O–H groups in total. The van der Waals surface area contributed by atoms with Gasteiger partial charge in [0, 0.05) is 0 Å². The van der Waals surface area contributed by atoms with Gasteiger partial charge in [-0.05, 0) is 31.2 Å². The summed E-state index contributed by atoms with van der Waals surface area (Å²) in [5, 5.41) is 35.8. The number of rotatable bonds is 8. The standard InChI is InChI=1S/C7H14N2O3.C6H13NO2.C5H9NO3.C2H5NO2/c1-4(2)6(9)7(11)12-5(10)3-8;1-4(2)3-5(7)6(8)9;7-3-1-2-6-4(3)5(8)9;3-1-2(4)5/h4,6H,3,8-9H2,1-2H3;4-5H,3,7H2,1-2H3,(H,8,9);3-4,6-7H,1-2H2,(H,8,9);1,3H2,(H,4,5)/t6-;5-;3?,4-;/m000./s1. The minimum absolute atomic E-state index is 0.0527. The Balaban J connectivity index is -0.000000405. The van der Waals surface area contributed by atoms with Crippen LogP contribution < -0.4 is 28.3 Å². The molecule has 1 fully saturated rings. The van der Waals surface area contributed by atoms with Gasteiger partial charge in [-0.25, -0.2) is 4.79 Å². The third-order valence-corrected chi connectivity index (χ3v) is 4.04. The molecule has 206 valence electrons. The highest BCUT2D eigenvalue weighted by Gasteiger charge is 2.30. The van der Waals surface area contributed by atoms with Crippen LogP contribution in [0.1, 0.15) is 40.5 Å². The van der Waals surface area contributed by atoms with Gasteiger partial charge < -0.3 is 53.4 Å². The normalized spacial score (nSPS) is 17.9. The molecule has 15 heteroatoms. The van der Waals surface area contributed by atoms with Gasteiger partial charge in [-0.2, -0.15) is 0 Å². The molecule has 0 radical (unpaired) electrons. The highest BCUT2D eigenvalue weighted by Crippen LogP contribution is 2.05. The lowest BCUT2D eigenvalue weighted by molar-refractivity contribution is -0.160. The van der Waals surface area contributed by atoms with Crippen LogP contribution in [0.3, 0.4) is 0 Å². The average molecular weight is 512 g/mol. The lowest BCUT2D eigenvalue weighted by Crippen LogP contribution is -2.39. The molecule has 0 bridgehead atoms. The van der Waals surface area contributed by atoms with Gasteiger partial charge in [0.2, 0.25) is 0 Å². The van der Waals surface area contributed by atoms with E-state index in [-0.39, 0.29) is 19.0 Å². The number of nitrogens with two attached hydrogens (primary N) is 4. The molecule has 1 unspecified atom stereocenters. The number of ether oxygens (including phenoxy) is 1. The zero-order chi connectivity index (χ0) is 28.3. The Kier molecular flexibility index (Phi) is 21.8. The van der Waals surface area contributed by atoms with Crippen molar-refractivity contribution in [2.75, 3.05) is 19.6 Å². The predicted octanol–water partition coefficient (Wildman–Crippen LogP) is -2.73. The lowest BCUT2D eigenvalue weighted by atomic mass is 10.1. The van der Waals surface area contributed by atoms with Crippen LogP contribution in [0.25, 0.3) is 0 Å². The third-order valence-electron chi connectivity index (χ3n) is 4.04. The summed E-state index contributed by atoms with van der Waals surface area (Å²) in [5.41, 5.74) is 20.1. The van der Waals surface area contributed by atoms with Crippen LogP contribution in [-0.4, -0.2) is 94.1 Å². The maximum absolute atomic E-state index is 10.9. The second-order valence-corrected chi connectivity index (χ2v) is 8.07. The van der Waals surface area contributed by atoms with Crippen LogP contribution >= 0.6 is 0 Å². The van der Waals surface area contributed by atoms with E-state index in [1.165, 1.54) is 0 Å². The maximum Gasteiger partial charge on any atom is 0.330 e. The Bertz CT molecular complexity index is 660. The molecular weight excluding hydrogens is 470 g/mol. The van der Waals surface area contributed by atoms with E-state index in [9.17, 15) is 24.0 Å². The van der Waals surface area contributed by atoms with E-state index in [0.717, 1.165) is 0 Å². The molecular formula is C20H41N5O10. The molecule has 0 spiro atoms. The molecule has 1 heterocycles. The summed E-state index contributed by atoms with van der Waals surface area (Å²) in [4.78, 5) is 51.0. The topological polar surface area (TPSA) is 292 Å². The first kappa shape index (κ1) is 36.9. The Labute approximate surface area is 204 Å². The first-order valence-electron chi connectivity index (χ1n) is 10.8. The van der Waals surface area contributed by atoms with Crippen LogP contribution in [0.4, 0.5) is 0 Å². The molecule has 0 amide bonds. The van der Waals surface area contributed by atoms with Crippen molar-refractivity contribution in [2.24, 2.45) is 34.8 Å². The number of carbonyl (C=O) groups is 5. The number of aliphatic hydroxyl groups excluding tert-OH is 1. The summed E-state index contributed by atoms with van der Waals surface area (Å²) >= 11 is 0. The number of esters is 2. The van der Waals surface area contributed by atoms with Crippen molar-refractivity contribution in [1.82, 2.24) is 5.32 Å². The van der Waals surface area contributed by atoms with Crippen molar-refractivity contribution in [3.05, 3.63) is 0 Å². The van der Waals surface area contributed by atoms with Crippen LogP contribution in [-0.2, 0) is 28.7 Å². The van der Waals surface area contributed by atoms with Crippen molar-refractivity contribution < 1.29 is 49.1 Å². The fourth-order valence-electron chi connectivity index (χ4n) is 2.04. The number of hydrogen-bond donors (Lipinski definition) is 9. The lowest BCUT2D eigenvalue weighted by Gasteiger charge is -2.12. The number of aliphatic carboxylic acids is 3. The third kappa shape index (κ3) is 21.6. The minimum atomic E-state index is -0.972. The monoisotopic (exact) mass is 511 g/mol. The number of nitrogens with one attached hydrogen (secondary N) is 1. The van der Waals surface area contributed by atoms with E-state index in [1.807, 2.05) is 13.8 Å². The summed E-state index contributed by atoms with van der Waals surface area (Å²) < 4.78 is 4.29. The van der Waals surface area contributed by atoms with Gasteiger partial charge in [0.15, 0.2) is 0 Å². The van der Waals surface area contributed by atoms with Crippen molar-refractivity contribution in [3.63, 3.8) is 0 Å². The second kappa shape index (κ2) is 20.7. The highest BCUT2D eigenvalue weighted by atomic mass is 16.6. The van der Waals surface area contributed by atoms with E-state index in [0.29, 0.717) is 25.3 Å². The Morgan fingerprint density at radius 1 is 0.971 bits per heavy atom. The van der Waals surface area contributed by atoms with Gasteiger partial charge in [0.1, 0.15) is 18.1 Å². The van der Waals surface area contributed by atoms with E-state index in [2.05, 4.69) is 15.8 Å². The zero-order valence-corrected chi connectivity index (χ0v) is 20.5. The largest absolute Gasteiger partial charge is 0.480 e. The number of carboxylic acid groups (broad SMARTS) is 3. The summed E-state index contributed by atoms with van der Waals surface area (Å²) in [6.45, 7) is 7.43. The quantitative estimate of drug-likeness (QED) is 0.118. The van der Waals surface area contributed by atoms with Crippen LogP contribution in [0.2, 0.25) is 0 Å². The van der Waals surface area contributed by atoms with Gasteiger partial charge in [-0.3, -0.25) is 19.2 Å². The fourth-order valence-corrected chi connectivity index (χ4v) is 2.04. The molecule has 1 aliphatic heterocycles. The van der Waals surface area contributed by atoms with Gasteiger partial charge in [0.25, 0.3) is 0 Å². The van der Waals surface area contributed by atoms with Crippen LogP contribution in [0.15, 0.2) is 0 Å². The smallest absolute Gasteiger partial charge is 0.330 e. The highest BCUT2D eigenvalue weighted by molar-refractivity contribution is 5.89. The minimum Gasteiger partial charge on any atom is -0.480 e. The van der Waals surface area contributed by atoms with E-state index >= 15 is 0 Å². The average Bonchev–Trinajstić information content (AvgIpc) is 3.19. The number of carboxylic acids is 3. The Morgan fingerprint density at radius 3 is 1.66 bits per heavy atom. The molecule has 1 saturated heterocycles. The molecule has 1 rings (SSSR count). The maximum atomic E-state index is 10.9. The number of hydrogen-bond acceptors (Lipinski definition) is 12. The summed E-state index contributed by atoms with van der Waals surface area (Å²) in [7, 11) is 0. The zero-order valence-electron chi connectivity index (χ0n) is 20.5. The Hall–Kier alpha value is -2.69. The molecule has 0 saturated carbocycles. The molecule has 1 aliphatic rings. The molecule has 15 nitrogen and oxygen atoms in total. The molecule has 35 heavy (non-hydrogen) atoms. The SMILES string of the molecule is CC(C)C[C@H](N)C(=O)O.CC(C)[C@H](N)C(=O)OC(=O)CN.NCC(=O)O.O=C(O)[C@H]1NCCC1O. The van der Waals surface area contributed by atoms with Gasteiger partial charge in [-0.15, -0.1) is 0 Å². The van der Waals surface area contributed by atoms with E-state index in [4.69, 9.17) is 37.6 Å². The summed E-state index contributed by atoms with van der Waals surface area (Å²) in [6.07, 6.45) is 0.384. The molecule has 4 atom stereocenters. The summed E-state index contributed by atoms with van der Waals surface area (Å²) in [6, 6.07) is -2.20. The fraction of sp³-hybridized carbons (Fsp3) is 0.750. The van der Waals surface area contributed by atoms with Crippen molar-refractivity contribution >= 4 is 29.8 Å². The van der Waals surface area contributed by atoms with E-state index in [1.54, 1.807) is 13.8 Å². The number of aliphatic hydroxyl groups is 1. The first-order valence-corrected chi connectivity index (χ1v) is 10.8. The summed E-state index contributed by atoms with van der Waals surface area (Å²) in [5.74, 6) is -4.02. The molecule has 0 aromatic heterocycles. The Morgan fingerprint density at radius 2 is 1.46 bits per heavy atom.